The fraction of sp³-hybridized carbons (Fsp3) is 0.111. The smallest absolute Gasteiger partial charge is 0.246 e. The third kappa shape index (κ3) is 3.19. The first-order valence-electron chi connectivity index (χ1n) is 7.99. The number of benzene rings is 2. The van der Waals surface area contributed by atoms with E-state index in [-0.39, 0.29) is 16.2 Å². The molecule has 0 unspecified atom stereocenters. The van der Waals surface area contributed by atoms with Crippen LogP contribution in [-0.2, 0) is 16.4 Å². The first kappa shape index (κ1) is 13.1. The lowest BCUT2D eigenvalue weighted by molar-refractivity contribution is 0.585. The summed E-state index contributed by atoms with van der Waals surface area (Å²) in [5.74, 6) is -0.583. The Morgan fingerprint density at radius 1 is 1.09 bits per heavy atom. The Labute approximate surface area is 137 Å². The van der Waals surface area contributed by atoms with Crippen molar-refractivity contribution in [1.82, 2.24) is 3.97 Å². The summed E-state index contributed by atoms with van der Waals surface area (Å²) in [6.07, 6.45) is -0.884. The van der Waals surface area contributed by atoms with Crippen molar-refractivity contribution >= 4 is 10.0 Å². The van der Waals surface area contributed by atoms with Crippen LogP contribution < -0.4 is 0 Å². The molecule has 0 amide bonds. The van der Waals surface area contributed by atoms with Crippen molar-refractivity contribution in [1.29, 1.82) is 0 Å². The second-order valence-electron chi connectivity index (χ2n) is 5.14. The van der Waals surface area contributed by atoms with Crippen LogP contribution in [0, 0.1) is 12.7 Å². The van der Waals surface area contributed by atoms with Crippen LogP contribution in [0.3, 0.4) is 0 Å². The summed E-state index contributed by atoms with van der Waals surface area (Å²) in [5.41, 5.74) is 0.881. The van der Waals surface area contributed by atoms with Crippen molar-refractivity contribution < 1.29 is 15.5 Å². The SMILES string of the molecule is [2H]C([2H])(c1cccc(F)c1)c1cccn1S(=O)(=O)c1ccc(C)cc1. The van der Waals surface area contributed by atoms with Gasteiger partial charge in [0, 0.05) is 21.0 Å². The Morgan fingerprint density at radius 3 is 2.52 bits per heavy atom. The van der Waals surface area contributed by atoms with E-state index in [1.54, 1.807) is 12.1 Å². The minimum atomic E-state index is -3.96. The highest BCUT2D eigenvalue weighted by Gasteiger charge is 2.19. The lowest BCUT2D eigenvalue weighted by atomic mass is 10.1. The predicted molar refractivity (Wildman–Crippen MR) is 87.4 cm³/mol. The summed E-state index contributed by atoms with van der Waals surface area (Å²) < 4.78 is 56.9. The summed E-state index contributed by atoms with van der Waals surface area (Å²) in [7, 11) is -3.96. The maximum absolute atomic E-state index is 13.5. The molecule has 2 aromatic carbocycles. The molecule has 0 bridgehead atoms. The molecule has 0 saturated heterocycles. The molecule has 118 valence electrons. The van der Waals surface area contributed by atoms with Gasteiger partial charge in [-0.15, -0.1) is 0 Å². The van der Waals surface area contributed by atoms with E-state index in [0.29, 0.717) is 0 Å². The summed E-state index contributed by atoms with van der Waals surface area (Å²) in [4.78, 5) is 0.0607. The Morgan fingerprint density at radius 2 is 1.83 bits per heavy atom. The van der Waals surface area contributed by atoms with Crippen LogP contribution in [0.15, 0.2) is 71.8 Å². The van der Waals surface area contributed by atoms with Gasteiger partial charge in [0.15, 0.2) is 0 Å². The minimum absolute atomic E-state index is 0.0477. The maximum Gasteiger partial charge on any atom is 0.267 e. The van der Waals surface area contributed by atoms with Gasteiger partial charge in [-0.05, 0) is 48.9 Å². The second-order valence-corrected chi connectivity index (χ2v) is 6.96. The molecule has 0 atom stereocenters. The molecule has 0 aliphatic heterocycles. The molecule has 0 saturated carbocycles. The van der Waals surface area contributed by atoms with Gasteiger partial charge in [0.25, 0.3) is 10.0 Å². The van der Waals surface area contributed by atoms with E-state index < -0.39 is 22.2 Å². The van der Waals surface area contributed by atoms with Gasteiger partial charge in [0.2, 0.25) is 0 Å². The van der Waals surface area contributed by atoms with E-state index in [4.69, 9.17) is 2.74 Å². The van der Waals surface area contributed by atoms with Crippen molar-refractivity contribution in [2.45, 2.75) is 18.2 Å². The van der Waals surface area contributed by atoms with Crippen LogP contribution >= 0.6 is 0 Å². The van der Waals surface area contributed by atoms with E-state index >= 15 is 0 Å². The zero-order valence-electron chi connectivity index (χ0n) is 14.4. The van der Waals surface area contributed by atoms with Crippen LogP contribution in [0.5, 0.6) is 0 Å². The number of aryl methyl sites for hydroxylation is 1. The van der Waals surface area contributed by atoms with Crippen molar-refractivity contribution in [2.75, 3.05) is 0 Å². The van der Waals surface area contributed by atoms with Crippen molar-refractivity contribution in [3.05, 3.63) is 89.5 Å². The van der Waals surface area contributed by atoms with E-state index in [2.05, 4.69) is 0 Å². The average molecular weight is 331 g/mol. The molecule has 0 spiro atoms. The monoisotopic (exact) mass is 331 g/mol. The van der Waals surface area contributed by atoms with Crippen molar-refractivity contribution in [3.63, 3.8) is 0 Å². The first-order chi connectivity index (χ1) is 11.7. The average Bonchev–Trinajstić information content (AvgIpc) is 3.06. The fourth-order valence-electron chi connectivity index (χ4n) is 2.21. The summed E-state index contributed by atoms with van der Waals surface area (Å²) >= 11 is 0. The third-order valence-corrected chi connectivity index (χ3v) is 5.09. The number of hydrogen-bond donors (Lipinski definition) is 0. The topological polar surface area (TPSA) is 39.1 Å². The van der Waals surface area contributed by atoms with Crippen molar-refractivity contribution in [3.8, 4) is 0 Å². The quantitative estimate of drug-likeness (QED) is 0.730. The largest absolute Gasteiger partial charge is 0.267 e. The fourth-order valence-corrected chi connectivity index (χ4v) is 3.51. The molecular formula is C18H16FNO2S. The molecule has 0 aliphatic rings. The van der Waals surface area contributed by atoms with Gasteiger partial charge in [0.1, 0.15) is 5.82 Å². The molecule has 0 aliphatic carbocycles. The minimum Gasteiger partial charge on any atom is -0.246 e. The summed E-state index contributed by atoms with van der Waals surface area (Å²) in [6.45, 7) is 1.85. The molecule has 0 fully saturated rings. The van der Waals surface area contributed by atoms with Crippen molar-refractivity contribution in [2.24, 2.45) is 0 Å². The van der Waals surface area contributed by atoms with Gasteiger partial charge in [-0.25, -0.2) is 16.8 Å². The van der Waals surface area contributed by atoms with E-state index in [0.717, 1.165) is 15.6 Å². The number of nitrogens with zero attached hydrogens (tertiary/aromatic N) is 1. The van der Waals surface area contributed by atoms with E-state index in [1.807, 2.05) is 6.92 Å². The van der Waals surface area contributed by atoms with Crippen LogP contribution in [0.25, 0.3) is 0 Å². The normalized spacial score (nSPS) is 13.5. The number of halogens is 1. The Kier molecular flexibility index (Phi) is 3.41. The Hall–Kier alpha value is -2.40. The molecular weight excluding hydrogens is 313 g/mol. The Bertz CT molecular complexity index is 1010. The molecule has 3 nitrogen and oxygen atoms in total. The molecule has 1 heterocycles. The molecule has 1 aromatic heterocycles. The van der Waals surface area contributed by atoms with Crippen LogP contribution in [0.1, 0.15) is 19.6 Å². The highest BCUT2D eigenvalue weighted by atomic mass is 32.2. The summed E-state index contributed by atoms with van der Waals surface area (Å²) in [5, 5.41) is 0. The molecule has 5 heteroatoms. The predicted octanol–water partition coefficient (Wildman–Crippen LogP) is 3.76. The lowest BCUT2D eigenvalue weighted by Gasteiger charge is -2.11. The first-order valence-corrected chi connectivity index (χ1v) is 8.43. The maximum atomic E-state index is 13.5. The van der Waals surface area contributed by atoms with Crippen LogP contribution in [0.2, 0.25) is 0 Å². The van der Waals surface area contributed by atoms with Gasteiger partial charge in [0.05, 0.1) is 4.90 Å². The standard InChI is InChI=1S/C18H16FNO2S/c1-14-7-9-18(10-8-14)23(21,22)20-11-3-6-17(20)13-15-4-2-5-16(19)12-15/h2-12H,13H2,1H3/i13D2. The zero-order chi connectivity index (χ0) is 18.2. The molecule has 23 heavy (non-hydrogen) atoms. The highest BCUT2D eigenvalue weighted by molar-refractivity contribution is 7.90. The lowest BCUT2D eigenvalue weighted by Crippen LogP contribution is -2.15. The highest BCUT2D eigenvalue weighted by Crippen LogP contribution is 2.19. The van der Waals surface area contributed by atoms with E-state index in [9.17, 15) is 12.8 Å². The number of hydrogen-bond acceptors (Lipinski definition) is 2. The van der Waals surface area contributed by atoms with Gasteiger partial charge < -0.3 is 0 Å². The van der Waals surface area contributed by atoms with Crippen LogP contribution in [0.4, 0.5) is 4.39 Å². The Balaban J connectivity index is 2.13. The number of aromatic nitrogens is 1. The van der Waals surface area contributed by atoms with E-state index in [1.165, 1.54) is 48.7 Å². The molecule has 3 aromatic rings. The summed E-state index contributed by atoms with van der Waals surface area (Å²) in [6, 6.07) is 14.3. The third-order valence-electron chi connectivity index (χ3n) is 3.39. The van der Waals surface area contributed by atoms with Crippen LogP contribution in [-0.4, -0.2) is 12.4 Å². The van der Waals surface area contributed by atoms with Gasteiger partial charge in [-0.3, -0.25) is 0 Å². The second kappa shape index (κ2) is 6.01. The number of rotatable bonds is 4. The van der Waals surface area contributed by atoms with Gasteiger partial charge in [-0.2, -0.15) is 0 Å². The zero-order valence-corrected chi connectivity index (χ0v) is 13.2. The molecule has 3 rings (SSSR count). The van der Waals surface area contributed by atoms with Gasteiger partial charge in [-0.1, -0.05) is 29.8 Å². The molecule has 0 radical (unpaired) electrons. The van der Waals surface area contributed by atoms with Gasteiger partial charge >= 0.3 is 0 Å². The molecule has 0 N–H and O–H groups in total.